The Hall–Kier alpha value is -0.120. The molecule has 0 aromatic rings. The molecular formula is C16H34N2O. The van der Waals surface area contributed by atoms with Crippen molar-refractivity contribution in [3.8, 4) is 0 Å². The lowest BCUT2D eigenvalue weighted by molar-refractivity contribution is 0.0411. The molecule has 3 nitrogen and oxygen atoms in total. The van der Waals surface area contributed by atoms with Crippen LogP contribution in [0.5, 0.6) is 0 Å². The van der Waals surface area contributed by atoms with Gasteiger partial charge in [0.05, 0.1) is 6.61 Å². The van der Waals surface area contributed by atoms with Gasteiger partial charge in [0.1, 0.15) is 0 Å². The summed E-state index contributed by atoms with van der Waals surface area (Å²) in [6, 6.07) is 0.600. The molecule has 1 saturated heterocycles. The van der Waals surface area contributed by atoms with Crippen LogP contribution in [0.15, 0.2) is 0 Å². The Morgan fingerprint density at radius 3 is 2.63 bits per heavy atom. The SMILES string of the molecule is CCNC(CCN(C)CC1CCCOC1)C(C)(C)C. The Morgan fingerprint density at radius 2 is 2.11 bits per heavy atom. The van der Waals surface area contributed by atoms with Crippen molar-refractivity contribution in [2.45, 2.75) is 53.0 Å². The van der Waals surface area contributed by atoms with E-state index in [1.54, 1.807) is 0 Å². The van der Waals surface area contributed by atoms with Gasteiger partial charge in [-0.2, -0.15) is 0 Å². The molecule has 3 heteroatoms. The van der Waals surface area contributed by atoms with Gasteiger partial charge in [-0.05, 0) is 50.7 Å². The average molecular weight is 270 g/mol. The Morgan fingerprint density at radius 1 is 1.37 bits per heavy atom. The molecule has 0 aliphatic carbocycles. The number of hydrogen-bond donors (Lipinski definition) is 1. The highest BCUT2D eigenvalue weighted by atomic mass is 16.5. The van der Waals surface area contributed by atoms with Crippen LogP contribution in [0.25, 0.3) is 0 Å². The molecule has 1 rings (SSSR count). The first-order valence-electron chi connectivity index (χ1n) is 7.93. The topological polar surface area (TPSA) is 24.5 Å². The Kier molecular flexibility index (Phi) is 7.33. The minimum absolute atomic E-state index is 0.338. The predicted molar refractivity (Wildman–Crippen MR) is 82.6 cm³/mol. The number of hydrogen-bond acceptors (Lipinski definition) is 3. The van der Waals surface area contributed by atoms with Crippen molar-refractivity contribution in [2.24, 2.45) is 11.3 Å². The van der Waals surface area contributed by atoms with Crippen molar-refractivity contribution in [2.75, 3.05) is 39.9 Å². The molecule has 0 aromatic heterocycles. The monoisotopic (exact) mass is 270 g/mol. The summed E-state index contributed by atoms with van der Waals surface area (Å²) in [6.45, 7) is 14.5. The molecule has 0 aromatic carbocycles. The van der Waals surface area contributed by atoms with Crippen LogP contribution in [0.1, 0.15) is 47.0 Å². The van der Waals surface area contributed by atoms with E-state index in [1.165, 1.54) is 32.4 Å². The molecule has 0 bridgehead atoms. The smallest absolute Gasteiger partial charge is 0.0506 e. The summed E-state index contributed by atoms with van der Waals surface area (Å²) in [7, 11) is 2.25. The molecule has 2 atom stereocenters. The van der Waals surface area contributed by atoms with E-state index in [2.05, 4.69) is 45.0 Å². The van der Waals surface area contributed by atoms with Gasteiger partial charge >= 0.3 is 0 Å². The highest BCUT2D eigenvalue weighted by Crippen LogP contribution is 2.22. The molecule has 1 heterocycles. The molecular weight excluding hydrogens is 236 g/mol. The second-order valence-corrected chi connectivity index (χ2v) is 7.11. The Bertz CT molecular complexity index is 231. The van der Waals surface area contributed by atoms with Crippen LogP contribution < -0.4 is 5.32 Å². The molecule has 1 fully saturated rings. The van der Waals surface area contributed by atoms with Gasteiger partial charge in [-0.3, -0.25) is 0 Å². The van der Waals surface area contributed by atoms with Gasteiger partial charge in [0.15, 0.2) is 0 Å². The molecule has 0 spiro atoms. The summed E-state index contributed by atoms with van der Waals surface area (Å²) in [5, 5.41) is 3.63. The molecule has 19 heavy (non-hydrogen) atoms. The maximum Gasteiger partial charge on any atom is 0.0506 e. The summed E-state index contributed by atoms with van der Waals surface area (Å²) < 4.78 is 5.56. The fourth-order valence-electron chi connectivity index (χ4n) is 2.92. The number of ether oxygens (including phenoxy) is 1. The first kappa shape index (κ1) is 16.9. The minimum Gasteiger partial charge on any atom is -0.381 e. The van der Waals surface area contributed by atoms with Gasteiger partial charge in [-0.15, -0.1) is 0 Å². The van der Waals surface area contributed by atoms with Gasteiger partial charge in [0.2, 0.25) is 0 Å². The molecule has 2 unspecified atom stereocenters. The lowest BCUT2D eigenvalue weighted by atomic mass is 9.84. The minimum atomic E-state index is 0.338. The summed E-state index contributed by atoms with van der Waals surface area (Å²) in [4.78, 5) is 2.48. The molecule has 1 N–H and O–H groups in total. The van der Waals surface area contributed by atoms with Crippen LogP contribution >= 0.6 is 0 Å². The van der Waals surface area contributed by atoms with Gasteiger partial charge in [-0.1, -0.05) is 27.7 Å². The van der Waals surface area contributed by atoms with Crippen molar-refractivity contribution in [3.05, 3.63) is 0 Å². The van der Waals surface area contributed by atoms with Crippen molar-refractivity contribution in [1.29, 1.82) is 0 Å². The number of nitrogens with one attached hydrogen (secondary N) is 1. The number of rotatable bonds is 7. The number of nitrogens with zero attached hydrogens (tertiary/aromatic N) is 1. The molecule has 1 aliphatic heterocycles. The van der Waals surface area contributed by atoms with Gasteiger partial charge in [0, 0.05) is 19.2 Å². The molecule has 0 amide bonds. The van der Waals surface area contributed by atoms with E-state index >= 15 is 0 Å². The largest absolute Gasteiger partial charge is 0.381 e. The first-order chi connectivity index (χ1) is 8.93. The van der Waals surface area contributed by atoms with Gasteiger partial charge < -0.3 is 15.0 Å². The van der Waals surface area contributed by atoms with Crippen molar-refractivity contribution >= 4 is 0 Å². The molecule has 114 valence electrons. The maximum atomic E-state index is 5.56. The zero-order valence-corrected chi connectivity index (χ0v) is 13.7. The zero-order valence-electron chi connectivity index (χ0n) is 13.7. The van der Waals surface area contributed by atoms with Crippen LogP contribution in [0.3, 0.4) is 0 Å². The molecule has 0 radical (unpaired) electrons. The van der Waals surface area contributed by atoms with Crippen LogP contribution in [-0.2, 0) is 4.74 Å². The zero-order chi connectivity index (χ0) is 14.3. The van der Waals surface area contributed by atoms with E-state index in [-0.39, 0.29) is 0 Å². The van der Waals surface area contributed by atoms with Crippen LogP contribution in [0, 0.1) is 11.3 Å². The highest BCUT2D eigenvalue weighted by Gasteiger charge is 2.24. The van der Waals surface area contributed by atoms with Crippen LogP contribution in [0.2, 0.25) is 0 Å². The third-order valence-corrected chi connectivity index (χ3v) is 4.12. The predicted octanol–water partition coefficient (Wildman–Crippen LogP) is 2.76. The fourth-order valence-corrected chi connectivity index (χ4v) is 2.92. The summed E-state index contributed by atoms with van der Waals surface area (Å²) >= 11 is 0. The van der Waals surface area contributed by atoms with Gasteiger partial charge in [-0.25, -0.2) is 0 Å². The Labute approximate surface area is 120 Å². The quantitative estimate of drug-likeness (QED) is 0.770. The standard InChI is InChI=1S/C16H34N2O/c1-6-17-15(16(2,3)4)9-10-18(5)12-14-8-7-11-19-13-14/h14-15,17H,6-13H2,1-5H3. The molecule has 1 aliphatic rings. The Balaban J connectivity index is 2.28. The summed E-state index contributed by atoms with van der Waals surface area (Å²) in [6.07, 6.45) is 3.79. The van der Waals surface area contributed by atoms with E-state index in [0.717, 1.165) is 25.7 Å². The summed E-state index contributed by atoms with van der Waals surface area (Å²) in [5.41, 5.74) is 0.338. The van der Waals surface area contributed by atoms with E-state index in [9.17, 15) is 0 Å². The third kappa shape index (κ3) is 6.73. The maximum absolute atomic E-state index is 5.56. The lowest BCUT2D eigenvalue weighted by Crippen LogP contribution is -2.43. The fraction of sp³-hybridized carbons (Fsp3) is 1.00. The van der Waals surface area contributed by atoms with Crippen molar-refractivity contribution in [3.63, 3.8) is 0 Å². The van der Waals surface area contributed by atoms with Crippen molar-refractivity contribution in [1.82, 2.24) is 10.2 Å². The van der Waals surface area contributed by atoms with E-state index in [4.69, 9.17) is 4.74 Å². The summed E-state index contributed by atoms with van der Waals surface area (Å²) in [5.74, 6) is 0.742. The second-order valence-electron chi connectivity index (χ2n) is 7.11. The molecule has 0 saturated carbocycles. The normalized spacial score (nSPS) is 22.7. The first-order valence-corrected chi connectivity index (χ1v) is 7.93. The lowest BCUT2D eigenvalue weighted by Gasteiger charge is -2.34. The highest BCUT2D eigenvalue weighted by molar-refractivity contribution is 4.81. The van der Waals surface area contributed by atoms with Crippen molar-refractivity contribution < 1.29 is 4.74 Å². The second kappa shape index (κ2) is 8.23. The average Bonchev–Trinajstić information content (AvgIpc) is 2.34. The van der Waals surface area contributed by atoms with E-state index in [0.29, 0.717) is 11.5 Å². The third-order valence-electron chi connectivity index (χ3n) is 4.12. The van der Waals surface area contributed by atoms with E-state index in [1.807, 2.05) is 0 Å². The van der Waals surface area contributed by atoms with E-state index < -0.39 is 0 Å². The van der Waals surface area contributed by atoms with Gasteiger partial charge in [0.25, 0.3) is 0 Å². The van der Waals surface area contributed by atoms with Crippen LogP contribution in [-0.4, -0.2) is 50.8 Å². The van der Waals surface area contributed by atoms with Crippen LogP contribution in [0.4, 0.5) is 0 Å².